The average molecular weight is 329 g/mol. The van der Waals surface area contributed by atoms with Gasteiger partial charge < -0.3 is 19.7 Å². The van der Waals surface area contributed by atoms with Gasteiger partial charge in [-0.1, -0.05) is 0 Å². The molecular weight excluding hydrogens is 304 g/mol. The lowest BCUT2D eigenvalue weighted by atomic mass is 10.0. The Hall–Kier alpha value is -1.46. The molecule has 1 heterocycles. The van der Waals surface area contributed by atoms with E-state index in [1.54, 1.807) is 14.2 Å². The van der Waals surface area contributed by atoms with E-state index in [9.17, 15) is 4.79 Å². The number of benzene rings is 1. The second kappa shape index (κ2) is 8.86. The lowest BCUT2D eigenvalue weighted by Crippen LogP contribution is -2.44. The molecule has 0 unspecified atom stereocenters. The highest BCUT2D eigenvalue weighted by Gasteiger charge is 2.22. The van der Waals surface area contributed by atoms with E-state index in [-0.39, 0.29) is 18.3 Å². The first kappa shape index (κ1) is 18.6. The lowest BCUT2D eigenvalue weighted by Gasteiger charge is -2.31. The van der Waals surface area contributed by atoms with Gasteiger partial charge in [-0.2, -0.15) is 0 Å². The number of piperidine rings is 1. The van der Waals surface area contributed by atoms with Crippen molar-refractivity contribution < 1.29 is 14.3 Å². The molecule has 0 spiro atoms. The van der Waals surface area contributed by atoms with E-state index in [4.69, 9.17) is 9.47 Å². The second-order valence-corrected chi connectivity index (χ2v) is 5.34. The molecule has 6 heteroatoms. The van der Waals surface area contributed by atoms with E-state index in [0.717, 1.165) is 43.0 Å². The maximum atomic E-state index is 12.5. The molecule has 2 rings (SSSR count). The zero-order valence-corrected chi connectivity index (χ0v) is 14.2. The Morgan fingerprint density at radius 1 is 1.27 bits per heavy atom. The van der Waals surface area contributed by atoms with Crippen LogP contribution in [0.4, 0.5) is 0 Å². The van der Waals surface area contributed by atoms with Crippen LogP contribution in [0, 0.1) is 0 Å². The van der Waals surface area contributed by atoms with Crippen molar-refractivity contribution in [2.45, 2.75) is 25.3 Å². The van der Waals surface area contributed by atoms with Crippen LogP contribution in [0.2, 0.25) is 0 Å². The highest BCUT2D eigenvalue weighted by molar-refractivity contribution is 5.85. The number of hydrogen-bond donors (Lipinski definition) is 1. The molecule has 1 aromatic carbocycles. The standard InChI is InChI=1S/C16H24N2O3.ClH/c1-18(13-6-8-17-9-7-13)16(19)11-12-10-14(20-2)4-5-15(12)21-3;/h4-5,10,13,17H,6-9,11H2,1-3H3;1H. The second-order valence-electron chi connectivity index (χ2n) is 5.34. The molecule has 0 aromatic heterocycles. The van der Waals surface area contributed by atoms with Gasteiger partial charge in [-0.05, 0) is 44.1 Å². The number of amides is 1. The van der Waals surface area contributed by atoms with Crippen molar-refractivity contribution in [2.75, 3.05) is 34.4 Å². The molecule has 1 aliphatic rings. The van der Waals surface area contributed by atoms with Crippen LogP contribution in [0.5, 0.6) is 11.5 Å². The molecule has 0 bridgehead atoms. The molecule has 1 N–H and O–H groups in total. The topological polar surface area (TPSA) is 50.8 Å². The Morgan fingerprint density at radius 2 is 1.95 bits per heavy atom. The minimum atomic E-state index is 0. The molecule has 0 atom stereocenters. The number of rotatable bonds is 5. The molecule has 0 aliphatic carbocycles. The van der Waals surface area contributed by atoms with Crippen LogP contribution in [0.25, 0.3) is 0 Å². The number of carbonyl (C=O) groups excluding carboxylic acids is 1. The Kier molecular flexibility index (Phi) is 7.48. The number of nitrogens with one attached hydrogen (secondary N) is 1. The van der Waals surface area contributed by atoms with Gasteiger partial charge in [0.05, 0.1) is 20.6 Å². The first-order valence-electron chi connectivity index (χ1n) is 7.33. The van der Waals surface area contributed by atoms with Crippen molar-refractivity contribution in [2.24, 2.45) is 0 Å². The molecule has 1 amide bonds. The molecule has 1 aromatic rings. The maximum Gasteiger partial charge on any atom is 0.227 e. The molecule has 1 aliphatic heterocycles. The summed E-state index contributed by atoms with van der Waals surface area (Å²) < 4.78 is 10.6. The van der Waals surface area contributed by atoms with Crippen molar-refractivity contribution in [3.8, 4) is 11.5 Å². The van der Waals surface area contributed by atoms with Crippen molar-refractivity contribution in [1.29, 1.82) is 0 Å². The number of methoxy groups -OCH3 is 2. The monoisotopic (exact) mass is 328 g/mol. The Morgan fingerprint density at radius 3 is 2.55 bits per heavy atom. The van der Waals surface area contributed by atoms with E-state index >= 15 is 0 Å². The van der Waals surface area contributed by atoms with Crippen molar-refractivity contribution in [3.63, 3.8) is 0 Å². The van der Waals surface area contributed by atoms with Crippen molar-refractivity contribution in [1.82, 2.24) is 10.2 Å². The fourth-order valence-corrected chi connectivity index (χ4v) is 2.71. The SMILES string of the molecule is COc1ccc(OC)c(CC(=O)N(C)C2CCNCC2)c1.Cl. The number of hydrogen-bond acceptors (Lipinski definition) is 4. The molecule has 0 radical (unpaired) electrons. The van der Waals surface area contributed by atoms with Gasteiger partial charge in [-0.15, -0.1) is 12.4 Å². The van der Waals surface area contributed by atoms with Gasteiger partial charge in [-0.3, -0.25) is 4.79 Å². The molecule has 124 valence electrons. The summed E-state index contributed by atoms with van der Waals surface area (Å²) in [6, 6.07) is 5.87. The third-order valence-electron chi connectivity index (χ3n) is 4.08. The summed E-state index contributed by atoms with van der Waals surface area (Å²) in [5, 5.41) is 3.32. The molecule has 1 fully saturated rings. The van der Waals surface area contributed by atoms with Crippen LogP contribution < -0.4 is 14.8 Å². The summed E-state index contributed by atoms with van der Waals surface area (Å²) in [6.07, 6.45) is 2.36. The summed E-state index contributed by atoms with van der Waals surface area (Å²) in [5.74, 6) is 1.58. The predicted molar refractivity (Wildman–Crippen MR) is 89.2 cm³/mol. The highest BCUT2D eigenvalue weighted by Crippen LogP contribution is 2.25. The van der Waals surface area contributed by atoms with Gasteiger partial charge in [-0.25, -0.2) is 0 Å². The third kappa shape index (κ3) is 4.52. The molecule has 1 saturated heterocycles. The summed E-state index contributed by atoms with van der Waals surface area (Å²) in [4.78, 5) is 14.4. The number of carbonyl (C=O) groups is 1. The molecule has 0 saturated carbocycles. The minimum absolute atomic E-state index is 0. The van der Waals surface area contributed by atoms with E-state index in [1.807, 2.05) is 30.1 Å². The maximum absolute atomic E-state index is 12.5. The van der Waals surface area contributed by atoms with E-state index in [1.165, 1.54) is 0 Å². The Balaban J connectivity index is 0.00000242. The van der Waals surface area contributed by atoms with Gasteiger partial charge in [0.2, 0.25) is 5.91 Å². The van der Waals surface area contributed by atoms with Crippen molar-refractivity contribution >= 4 is 18.3 Å². The first-order valence-corrected chi connectivity index (χ1v) is 7.33. The van der Waals surface area contributed by atoms with Gasteiger partial charge in [0, 0.05) is 18.7 Å². The van der Waals surface area contributed by atoms with Crippen LogP contribution in [0.15, 0.2) is 18.2 Å². The van der Waals surface area contributed by atoms with Gasteiger partial charge >= 0.3 is 0 Å². The predicted octanol–water partition coefficient (Wildman–Crippen LogP) is 1.88. The van der Waals surface area contributed by atoms with E-state index in [2.05, 4.69) is 5.32 Å². The minimum Gasteiger partial charge on any atom is -0.497 e. The van der Waals surface area contributed by atoms with Gasteiger partial charge in [0.15, 0.2) is 0 Å². The zero-order valence-electron chi connectivity index (χ0n) is 13.4. The zero-order chi connectivity index (χ0) is 15.2. The highest BCUT2D eigenvalue weighted by atomic mass is 35.5. The quantitative estimate of drug-likeness (QED) is 0.896. The summed E-state index contributed by atoms with van der Waals surface area (Å²) >= 11 is 0. The number of likely N-dealkylation sites (N-methyl/N-ethyl adjacent to an activating group) is 1. The average Bonchev–Trinajstić information content (AvgIpc) is 2.54. The van der Waals surface area contributed by atoms with Gasteiger partial charge in [0.25, 0.3) is 0 Å². The van der Waals surface area contributed by atoms with E-state index in [0.29, 0.717) is 12.5 Å². The van der Waals surface area contributed by atoms with Crippen molar-refractivity contribution in [3.05, 3.63) is 23.8 Å². The Labute approximate surface area is 138 Å². The molecule has 5 nitrogen and oxygen atoms in total. The van der Waals surface area contributed by atoms with Crippen LogP contribution in [0.1, 0.15) is 18.4 Å². The molecule has 22 heavy (non-hydrogen) atoms. The fraction of sp³-hybridized carbons (Fsp3) is 0.562. The first-order chi connectivity index (χ1) is 10.2. The van der Waals surface area contributed by atoms with Gasteiger partial charge in [0.1, 0.15) is 11.5 Å². The lowest BCUT2D eigenvalue weighted by molar-refractivity contribution is -0.131. The Bertz CT molecular complexity index is 490. The summed E-state index contributed by atoms with van der Waals surface area (Å²) in [5.41, 5.74) is 0.864. The fourth-order valence-electron chi connectivity index (χ4n) is 2.71. The number of ether oxygens (including phenoxy) is 2. The number of nitrogens with zero attached hydrogens (tertiary/aromatic N) is 1. The van der Waals surface area contributed by atoms with Crippen LogP contribution in [0.3, 0.4) is 0 Å². The summed E-state index contributed by atoms with van der Waals surface area (Å²) in [6.45, 7) is 1.95. The van der Waals surface area contributed by atoms with Crippen LogP contribution >= 0.6 is 12.4 Å². The largest absolute Gasteiger partial charge is 0.497 e. The summed E-state index contributed by atoms with van der Waals surface area (Å²) in [7, 11) is 5.13. The van der Waals surface area contributed by atoms with Crippen LogP contribution in [-0.4, -0.2) is 51.2 Å². The van der Waals surface area contributed by atoms with E-state index < -0.39 is 0 Å². The molecular formula is C16H25ClN2O3. The van der Waals surface area contributed by atoms with Crippen LogP contribution in [-0.2, 0) is 11.2 Å². The third-order valence-corrected chi connectivity index (χ3v) is 4.08. The smallest absolute Gasteiger partial charge is 0.227 e. The number of halogens is 1. The normalized spacial score (nSPS) is 14.9.